The van der Waals surface area contributed by atoms with E-state index in [1.165, 1.54) is 24.8 Å². The second kappa shape index (κ2) is 16.7. The van der Waals surface area contributed by atoms with Gasteiger partial charge < -0.3 is 19.8 Å². The Morgan fingerprint density at radius 3 is 2.02 bits per heavy atom. The Kier molecular flexibility index (Phi) is 13.3. The monoisotopic (exact) mass is 623 g/mol. The van der Waals surface area contributed by atoms with Crippen molar-refractivity contribution in [3.8, 4) is 0 Å². The number of piperidine rings is 2. The van der Waals surface area contributed by atoms with Crippen molar-refractivity contribution in [3.05, 3.63) is 70.7 Å². The van der Waals surface area contributed by atoms with Crippen molar-refractivity contribution in [2.24, 2.45) is 11.8 Å². The molecule has 236 valence electrons. The number of amides is 2. The molecule has 43 heavy (non-hydrogen) atoms. The SMILES string of the molecule is CC(=O)N1CCC(C(=O)N(CCCN2CCC(Cc3ccccc3)CC2)Cc2ccc(Cl)cc2)CC1.O=C(O)C(F)(F)F. The molecule has 2 aromatic rings. The fraction of sp³-hybridized carbons (Fsp3) is 0.531. The van der Waals surface area contributed by atoms with Gasteiger partial charge in [0.2, 0.25) is 11.8 Å². The van der Waals surface area contributed by atoms with Gasteiger partial charge in [-0.25, -0.2) is 4.79 Å². The Balaban J connectivity index is 0.000000646. The topological polar surface area (TPSA) is 81.2 Å². The molecule has 2 saturated heterocycles. The molecule has 0 spiro atoms. The minimum absolute atomic E-state index is 0.00151. The third-order valence-electron chi connectivity index (χ3n) is 8.11. The second-order valence-corrected chi connectivity index (χ2v) is 11.7. The van der Waals surface area contributed by atoms with E-state index in [1.807, 2.05) is 34.1 Å². The maximum absolute atomic E-state index is 13.5. The number of carbonyl (C=O) groups excluding carboxylic acids is 2. The molecule has 0 aromatic heterocycles. The number of alkyl halides is 3. The standard InChI is InChI=1S/C30H40ClN3O2.C2HF3O2/c1-24(35)33-20-14-28(15-21-33)30(36)34(23-27-8-10-29(31)11-9-27)17-5-16-32-18-12-26(13-19-32)22-25-6-3-2-4-7-25;3-2(4,5)1(6)7/h2-4,6-11,26,28H,5,12-23H2,1H3;(H,6,7). The van der Waals surface area contributed by atoms with Gasteiger partial charge in [0.15, 0.2) is 0 Å². The number of benzene rings is 2. The molecule has 2 amide bonds. The molecule has 2 fully saturated rings. The summed E-state index contributed by atoms with van der Waals surface area (Å²) in [5.74, 6) is -1.65. The molecule has 0 aliphatic carbocycles. The predicted molar refractivity (Wildman–Crippen MR) is 159 cm³/mol. The van der Waals surface area contributed by atoms with Crippen LogP contribution in [0.3, 0.4) is 0 Å². The number of nitrogens with zero attached hydrogens (tertiary/aromatic N) is 3. The molecule has 0 radical (unpaired) electrons. The third-order valence-corrected chi connectivity index (χ3v) is 8.36. The molecule has 2 aliphatic heterocycles. The number of carboxylic acid groups (broad SMARTS) is 1. The smallest absolute Gasteiger partial charge is 0.475 e. The van der Waals surface area contributed by atoms with Crippen LogP contribution in [0.1, 0.15) is 50.2 Å². The fourth-order valence-electron chi connectivity index (χ4n) is 5.62. The molecule has 2 aromatic carbocycles. The average molecular weight is 624 g/mol. The lowest BCUT2D eigenvalue weighted by Crippen LogP contribution is -2.44. The highest BCUT2D eigenvalue weighted by Gasteiger charge is 2.38. The van der Waals surface area contributed by atoms with Crippen LogP contribution in [0.2, 0.25) is 5.02 Å². The summed E-state index contributed by atoms with van der Waals surface area (Å²) in [5, 5.41) is 7.84. The van der Waals surface area contributed by atoms with E-state index in [2.05, 4.69) is 35.2 Å². The molecule has 1 N–H and O–H groups in total. The molecule has 2 heterocycles. The van der Waals surface area contributed by atoms with Crippen LogP contribution < -0.4 is 0 Å². The van der Waals surface area contributed by atoms with Gasteiger partial charge in [-0.2, -0.15) is 13.2 Å². The number of halogens is 4. The van der Waals surface area contributed by atoms with Crippen LogP contribution in [-0.4, -0.2) is 83.0 Å². The summed E-state index contributed by atoms with van der Waals surface area (Å²) in [5.41, 5.74) is 2.55. The van der Waals surface area contributed by atoms with Crippen LogP contribution in [0.15, 0.2) is 54.6 Å². The van der Waals surface area contributed by atoms with Gasteiger partial charge in [0.05, 0.1) is 0 Å². The second-order valence-electron chi connectivity index (χ2n) is 11.3. The fourth-order valence-corrected chi connectivity index (χ4v) is 5.75. The van der Waals surface area contributed by atoms with Gasteiger partial charge in [0, 0.05) is 44.0 Å². The molecular weight excluding hydrogens is 583 g/mol. The Labute approximate surface area is 256 Å². The zero-order valence-electron chi connectivity index (χ0n) is 24.6. The van der Waals surface area contributed by atoms with Crippen LogP contribution in [0.4, 0.5) is 13.2 Å². The van der Waals surface area contributed by atoms with Gasteiger partial charge in [-0.15, -0.1) is 0 Å². The van der Waals surface area contributed by atoms with Crippen molar-refractivity contribution in [2.45, 2.75) is 58.2 Å². The summed E-state index contributed by atoms with van der Waals surface area (Å²) in [6, 6.07) is 18.6. The first-order valence-corrected chi connectivity index (χ1v) is 15.1. The summed E-state index contributed by atoms with van der Waals surface area (Å²) in [7, 11) is 0. The van der Waals surface area contributed by atoms with Crippen molar-refractivity contribution in [2.75, 3.05) is 39.3 Å². The van der Waals surface area contributed by atoms with E-state index < -0.39 is 12.1 Å². The summed E-state index contributed by atoms with van der Waals surface area (Å²) in [6.07, 6.45) is 1.08. The van der Waals surface area contributed by atoms with Crippen LogP contribution in [0.25, 0.3) is 0 Å². The Morgan fingerprint density at radius 2 is 1.49 bits per heavy atom. The van der Waals surface area contributed by atoms with Crippen molar-refractivity contribution < 1.29 is 32.7 Å². The highest BCUT2D eigenvalue weighted by molar-refractivity contribution is 6.30. The summed E-state index contributed by atoms with van der Waals surface area (Å²) >= 11 is 6.08. The Hall–Kier alpha value is -3.11. The number of likely N-dealkylation sites (tertiary alicyclic amines) is 2. The van der Waals surface area contributed by atoms with Crippen molar-refractivity contribution in [1.29, 1.82) is 0 Å². The zero-order valence-corrected chi connectivity index (χ0v) is 25.3. The molecular formula is C32H41ClF3N3O4. The van der Waals surface area contributed by atoms with E-state index in [0.29, 0.717) is 24.7 Å². The average Bonchev–Trinajstić information content (AvgIpc) is 2.98. The van der Waals surface area contributed by atoms with Gasteiger partial charge in [-0.3, -0.25) is 9.59 Å². The van der Waals surface area contributed by atoms with E-state index in [0.717, 1.165) is 56.9 Å². The molecule has 0 saturated carbocycles. The van der Waals surface area contributed by atoms with Gasteiger partial charge in [0.25, 0.3) is 0 Å². The van der Waals surface area contributed by atoms with E-state index in [-0.39, 0.29) is 17.7 Å². The molecule has 0 atom stereocenters. The van der Waals surface area contributed by atoms with Crippen LogP contribution in [0.5, 0.6) is 0 Å². The minimum atomic E-state index is -5.08. The number of hydrogen-bond acceptors (Lipinski definition) is 4. The maximum atomic E-state index is 13.5. The lowest BCUT2D eigenvalue weighted by atomic mass is 9.90. The van der Waals surface area contributed by atoms with E-state index in [9.17, 15) is 22.8 Å². The summed E-state index contributed by atoms with van der Waals surface area (Å²) < 4.78 is 31.7. The third kappa shape index (κ3) is 11.8. The van der Waals surface area contributed by atoms with Crippen molar-refractivity contribution >= 4 is 29.4 Å². The number of aliphatic carboxylic acids is 1. The lowest BCUT2D eigenvalue weighted by Gasteiger charge is -2.35. The number of carboxylic acids is 1. The first kappa shape index (κ1) is 34.4. The normalized spacial score (nSPS) is 16.7. The molecule has 4 rings (SSSR count). The number of carbonyl (C=O) groups is 3. The van der Waals surface area contributed by atoms with Gasteiger partial charge >= 0.3 is 12.1 Å². The summed E-state index contributed by atoms with van der Waals surface area (Å²) in [4.78, 5) is 40.6. The highest BCUT2D eigenvalue weighted by Crippen LogP contribution is 2.24. The zero-order chi connectivity index (χ0) is 31.4. The predicted octanol–water partition coefficient (Wildman–Crippen LogP) is 5.91. The van der Waals surface area contributed by atoms with Gasteiger partial charge in [0.1, 0.15) is 0 Å². The number of hydrogen-bond donors (Lipinski definition) is 1. The molecule has 2 aliphatic rings. The molecule has 0 bridgehead atoms. The van der Waals surface area contributed by atoms with Crippen LogP contribution in [0, 0.1) is 11.8 Å². The highest BCUT2D eigenvalue weighted by atomic mass is 35.5. The lowest BCUT2D eigenvalue weighted by molar-refractivity contribution is -0.192. The first-order chi connectivity index (χ1) is 20.4. The van der Waals surface area contributed by atoms with Gasteiger partial charge in [-0.1, -0.05) is 54.1 Å². The molecule has 11 heteroatoms. The Morgan fingerprint density at radius 1 is 0.907 bits per heavy atom. The van der Waals surface area contributed by atoms with Crippen molar-refractivity contribution in [1.82, 2.24) is 14.7 Å². The van der Waals surface area contributed by atoms with E-state index in [1.54, 1.807) is 6.92 Å². The quantitative estimate of drug-likeness (QED) is 0.376. The largest absolute Gasteiger partial charge is 0.490 e. The van der Waals surface area contributed by atoms with Gasteiger partial charge in [-0.05, 0) is 87.3 Å². The van der Waals surface area contributed by atoms with E-state index >= 15 is 0 Å². The molecule has 0 unspecified atom stereocenters. The van der Waals surface area contributed by atoms with E-state index in [4.69, 9.17) is 21.5 Å². The van der Waals surface area contributed by atoms with Crippen LogP contribution in [-0.2, 0) is 27.3 Å². The summed E-state index contributed by atoms with van der Waals surface area (Å²) in [6.45, 7) is 7.67. The Bertz CT molecular complexity index is 1160. The van der Waals surface area contributed by atoms with Crippen LogP contribution >= 0.6 is 11.6 Å². The van der Waals surface area contributed by atoms with Crippen molar-refractivity contribution in [3.63, 3.8) is 0 Å². The first-order valence-electron chi connectivity index (χ1n) is 14.8. The molecule has 7 nitrogen and oxygen atoms in total. The maximum Gasteiger partial charge on any atom is 0.490 e. The number of rotatable bonds is 9. The minimum Gasteiger partial charge on any atom is -0.475 e.